The van der Waals surface area contributed by atoms with Crippen LogP contribution in [-0.2, 0) is 4.79 Å². The van der Waals surface area contributed by atoms with E-state index in [1.807, 2.05) is 24.3 Å². The lowest BCUT2D eigenvalue weighted by atomic mass is 9.92. The summed E-state index contributed by atoms with van der Waals surface area (Å²) < 4.78 is 5.57. The summed E-state index contributed by atoms with van der Waals surface area (Å²) in [6.07, 6.45) is 0.770. The SMILES string of the molecule is Cl.O=C(NCC1CNC1)C1CCOc2ccccc21. The molecule has 19 heavy (non-hydrogen) atoms. The molecule has 4 nitrogen and oxygen atoms in total. The number of hydrogen-bond donors (Lipinski definition) is 2. The predicted octanol–water partition coefficient (Wildman–Crippen LogP) is 1.31. The first kappa shape index (κ1) is 14.2. The van der Waals surface area contributed by atoms with Crippen LogP contribution in [0.3, 0.4) is 0 Å². The number of nitrogens with one attached hydrogen (secondary N) is 2. The van der Waals surface area contributed by atoms with Crippen LogP contribution in [-0.4, -0.2) is 32.1 Å². The van der Waals surface area contributed by atoms with Gasteiger partial charge < -0.3 is 15.4 Å². The van der Waals surface area contributed by atoms with Gasteiger partial charge in [0, 0.05) is 31.1 Å². The van der Waals surface area contributed by atoms with E-state index < -0.39 is 0 Å². The van der Waals surface area contributed by atoms with Crippen LogP contribution in [0, 0.1) is 5.92 Å². The summed E-state index contributed by atoms with van der Waals surface area (Å²) in [5, 5.41) is 6.27. The highest BCUT2D eigenvalue weighted by Crippen LogP contribution is 2.33. The van der Waals surface area contributed by atoms with Gasteiger partial charge in [0.1, 0.15) is 5.75 Å². The van der Waals surface area contributed by atoms with Crippen molar-refractivity contribution < 1.29 is 9.53 Å². The number of hydrogen-bond acceptors (Lipinski definition) is 3. The van der Waals surface area contributed by atoms with Crippen molar-refractivity contribution in [2.24, 2.45) is 5.92 Å². The van der Waals surface area contributed by atoms with Crippen molar-refractivity contribution in [2.45, 2.75) is 12.3 Å². The highest BCUT2D eigenvalue weighted by Gasteiger charge is 2.28. The fourth-order valence-corrected chi connectivity index (χ4v) is 2.48. The highest BCUT2D eigenvalue weighted by molar-refractivity contribution is 5.85. The normalized spacial score (nSPS) is 21.4. The van der Waals surface area contributed by atoms with Crippen molar-refractivity contribution in [3.63, 3.8) is 0 Å². The molecule has 0 aliphatic carbocycles. The standard InChI is InChI=1S/C14H18N2O2.ClH/c17-14(16-9-10-7-15-8-10)12-5-6-18-13-4-2-1-3-11(12)13;/h1-4,10,12,15H,5-9H2,(H,16,17);1H. The third-order valence-electron chi connectivity index (χ3n) is 3.71. The molecule has 0 spiro atoms. The van der Waals surface area contributed by atoms with Gasteiger partial charge in [0.25, 0.3) is 0 Å². The highest BCUT2D eigenvalue weighted by atomic mass is 35.5. The minimum Gasteiger partial charge on any atom is -0.493 e. The Labute approximate surface area is 119 Å². The Balaban J connectivity index is 0.00000133. The average molecular weight is 283 g/mol. The number of benzene rings is 1. The van der Waals surface area contributed by atoms with Crippen LogP contribution >= 0.6 is 12.4 Å². The summed E-state index contributed by atoms with van der Waals surface area (Å²) in [4.78, 5) is 12.2. The van der Waals surface area contributed by atoms with E-state index >= 15 is 0 Å². The van der Waals surface area contributed by atoms with Crippen molar-refractivity contribution in [3.8, 4) is 5.75 Å². The zero-order valence-corrected chi connectivity index (χ0v) is 11.5. The first-order valence-electron chi connectivity index (χ1n) is 6.55. The number of fused-ring (bicyclic) bond motifs is 1. The second kappa shape index (κ2) is 6.26. The summed E-state index contributed by atoms with van der Waals surface area (Å²) >= 11 is 0. The second-order valence-electron chi connectivity index (χ2n) is 5.00. The Kier molecular flexibility index (Phi) is 4.66. The molecule has 2 aliphatic heterocycles. The summed E-state index contributed by atoms with van der Waals surface area (Å²) in [6.45, 7) is 3.45. The molecule has 1 atom stereocenters. The van der Waals surface area contributed by atoms with Gasteiger partial charge in [-0.1, -0.05) is 18.2 Å². The fraction of sp³-hybridized carbons (Fsp3) is 0.500. The van der Waals surface area contributed by atoms with Gasteiger partial charge in [-0.3, -0.25) is 4.79 Å². The molecule has 2 aliphatic rings. The van der Waals surface area contributed by atoms with E-state index in [2.05, 4.69) is 10.6 Å². The number of amides is 1. The minimum atomic E-state index is -0.0528. The summed E-state index contributed by atoms with van der Waals surface area (Å²) in [6, 6.07) is 7.83. The maximum absolute atomic E-state index is 12.2. The van der Waals surface area contributed by atoms with Gasteiger partial charge >= 0.3 is 0 Å². The van der Waals surface area contributed by atoms with Crippen molar-refractivity contribution in [3.05, 3.63) is 29.8 Å². The van der Waals surface area contributed by atoms with E-state index in [-0.39, 0.29) is 24.2 Å². The van der Waals surface area contributed by atoms with E-state index in [1.165, 1.54) is 0 Å². The van der Waals surface area contributed by atoms with Gasteiger partial charge in [-0.25, -0.2) is 0 Å². The Bertz CT molecular complexity index is 449. The molecule has 1 aromatic rings. The number of carbonyl (C=O) groups is 1. The van der Waals surface area contributed by atoms with E-state index in [4.69, 9.17) is 4.74 Å². The van der Waals surface area contributed by atoms with Crippen LogP contribution in [0.1, 0.15) is 17.9 Å². The zero-order chi connectivity index (χ0) is 12.4. The number of ether oxygens (including phenoxy) is 1. The Morgan fingerprint density at radius 1 is 1.37 bits per heavy atom. The lowest BCUT2D eigenvalue weighted by molar-refractivity contribution is -0.123. The Hall–Kier alpha value is -1.26. The molecule has 0 saturated carbocycles. The van der Waals surface area contributed by atoms with Gasteiger partial charge in [0.2, 0.25) is 5.91 Å². The summed E-state index contributed by atoms with van der Waals surface area (Å²) in [7, 11) is 0. The van der Waals surface area contributed by atoms with Gasteiger partial charge in [-0.15, -0.1) is 12.4 Å². The third-order valence-corrected chi connectivity index (χ3v) is 3.71. The van der Waals surface area contributed by atoms with Crippen LogP contribution in [0.25, 0.3) is 0 Å². The number of halogens is 1. The lowest BCUT2D eigenvalue weighted by Crippen LogP contribution is -2.49. The smallest absolute Gasteiger partial charge is 0.227 e. The molecule has 2 N–H and O–H groups in total. The molecule has 3 rings (SSSR count). The van der Waals surface area contributed by atoms with Crippen molar-refractivity contribution >= 4 is 18.3 Å². The van der Waals surface area contributed by atoms with Gasteiger partial charge in [-0.2, -0.15) is 0 Å². The quantitative estimate of drug-likeness (QED) is 0.879. The molecule has 1 fully saturated rings. The Morgan fingerprint density at radius 2 is 2.16 bits per heavy atom. The molecule has 1 amide bonds. The van der Waals surface area contributed by atoms with Crippen molar-refractivity contribution in [1.82, 2.24) is 10.6 Å². The molecule has 0 radical (unpaired) electrons. The fourth-order valence-electron chi connectivity index (χ4n) is 2.48. The van der Waals surface area contributed by atoms with Crippen LogP contribution in [0.15, 0.2) is 24.3 Å². The van der Waals surface area contributed by atoms with Gasteiger partial charge in [0.05, 0.1) is 12.5 Å². The largest absolute Gasteiger partial charge is 0.493 e. The number of para-hydroxylation sites is 1. The predicted molar refractivity (Wildman–Crippen MR) is 75.9 cm³/mol. The van der Waals surface area contributed by atoms with Crippen LogP contribution in [0.4, 0.5) is 0 Å². The minimum absolute atomic E-state index is 0. The first-order chi connectivity index (χ1) is 8.84. The van der Waals surface area contributed by atoms with E-state index in [0.717, 1.165) is 37.4 Å². The van der Waals surface area contributed by atoms with E-state index in [9.17, 15) is 4.79 Å². The molecule has 2 heterocycles. The van der Waals surface area contributed by atoms with Gasteiger partial charge in [0.15, 0.2) is 0 Å². The lowest BCUT2D eigenvalue weighted by Gasteiger charge is -2.29. The molecule has 1 unspecified atom stereocenters. The monoisotopic (exact) mass is 282 g/mol. The van der Waals surface area contributed by atoms with Gasteiger partial charge in [-0.05, 0) is 12.5 Å². The zero-order valence-electron chi connectivity index (χ0n) is 10.7. The van der Waals surface area contributed by atoms with Crippen LogP contribution in [0.5, 0.6) is 5.75 Å². The van der Waals surface area contributed by atoms with Crippen LogP contribution < -0.4 is 15.4 Å². The maximum Gasteiger partial charge on any atom is 0.227 e. The average Bonchev–Trinajstić information content (AvgIpc) is 2.36. The second-order valence-corrected chi connectivity index (χ2v) is 5.00. The molecule has 0 bridgehead atoms. The molecular formula is C14H19ClN2O2. The summed E-state index contributed by atoms with van der Waals surface area (Å²) in [5.74, 6) is 1.54. The maximum atomic E-state index is 12.2. The number of rotatable bonds is 3. The van der Waals surface area contributed by atoms with E-state index in [0.29, 0.717) is 12.5 Å². The molecule has 5 heteroatoms. The summed E-state index contributed by atoms with van der Waals surface area (Å²) in [5.41, 5.74) is 1.02. The molecule has 0 aromatic heterocycles. The van der Waals surface area contributed by atoms with Crippen molar-refractivity contribution in [1.29, 1.82) is 0 Å². The topological polar surface area (TPSA) is 50.4 Å². The Morgan fingerprint density at radius 3 is 2.89 bits per heavy atom. The molecule has 104 valence electrons. The third kappa shape index (κ3) is 3.01. The van der Waals surface area contributed by atoms with Crippen LogP contribution in [0.2, 0.25) is 0 Å². The van der Waals surface area contributed by atoms with E-state index in [1.54, 1.807) is 0 Å². The molecular weight excluding hydrogens is 264 g/mol. The molecule has 1 aromatic carbocycles. The first-order valence-corrected chi connectivity index (χ1v) is 6.55. The molecule has 1 saturated heterocycles. The number of carbonyl (C=O) groups excluding carboxylic acids is 1. The van der Waals surface area contributed by atoms with Crippen molar-refractivity contribution in [2.75, 3.05) is 26.2 Å².